The van der Waals surface area contributed by atoms with Crippen molar-refractivity contribution in [3.05, 3.63) is 0 Å². The van der Waals surface area contributed by atoms with Crippen molar-refractivity contribution in [2.75, 3.05) is 0 Å². The van der Waals surface area contributed by atoms with Crippen LogP contribution in [-0.4, -0.2) is 28.0 Å². The second-order valence-electron chi connectivity index (χ2n) is 3.92. The van der Waals surface area contributed by atoms with E-state index in [1.807, 2.05) is 0 Å². The number of aliphatic hydroxyl groups excluding tert-OH is 2. The van der Waals surface area contributed by atoms with Crippen LogP contribution in [0.15, 0.2) is 0 Å². The fourth-order valence-electron chi connectivity index (χ4n) is 2.62. The predicted octanol–water partition coefficient (Wildman–Crippen LogP) is -0.391. The highest BCUT2D eigenvalue weighted by Gasteiger charge is 2.53. The first-order valence-electron chi connectivity index (χ1n) is 4.29. The zero-order valence-electron chi connectivity index (χ0n) is 6.53. The van der Waals surface area contributed by atoms with Gasteiger partial charge in [0.1, 0.15) is 0 Å². The topological polar surface area (TPSA) is 66.5 Å². The molecular weight excluding hydrogens is 142 g/mol. The van der Waals surface area contributed by atoms with Crippen LogP contribution in [0.5, 0.6) is 0 Å². The van der Waals surface area contributed by atoms with Crippen LogP contribution in [0.1, 0.15) is 25.7 Å². The molecule has 4 atom stereocenters. The standard InChI is InChI=1S/C8H15NO2/c9-8-4-3-6(10)5(8)1-2-7(8)11/h5-7,10-11H,1-4,9H2/t5?,6?,7?,8-/m1/s1. The van der Waals surface area contributed by atoms with Gasteiger partial charge >= 0.3 is 0 Å². The number of hydrogen-bond donors (Lipinski definition) is 3. The van der Waals surface area contributed by atoms with Gasteiger partial charge in [-0.05, 0) is 25.7 Å². The van der Waals surface area contributed by atoms with Crippen molar-refractivity contribution in [3.8, 4) is 0 Å². The first kappa shape index (κ1) is 7.53. The molecule has 2 rings (SSSR count). The summed E-state index contributed by atoms with van der Waals surface area (Å²) in [6, 6.07) is 0. The SMILES string of the molecule is N[C@]12CCC(O)C1CCC2O. The Morgan fingerprint density at radius 2 is 1.91 bits per heavy atom. The molecule has 2 aliphatic carbocycles. The molecule has 2 saturated carbocycles. The summed E-state index contributed by atoms with van der Waals surface area (Å²) < 4.78 is 0. The average Bonchev–Trinajstić information content (AvgIpc) is 2.39. The van der Waals surface area contributed by atoms with E-state index in [0.717, 1.165) is 25.7 Å². The van der Waals surface area contributed by atoms with Gasteiger partial charge in [-0.2, -0.15) is 0 Å². The van der Waals surface area contributed by atoms with E-state index in [4.69, 9.17) is 5.73 Å². The summed E-state index contributed by atoms with van der Waals surface area (Å²) in [7, 11) is 0. The summed E-state index contributed by atoms with van der Waals surface area (Å²) >= 11 is 0. The molecular formula is C8H15NO2. The molecule has 0 heterocycles. The first-order chi connectivity index (χ1) is 5.14. The zero-order valence-corrected chi connectivity index (χ0v) is 6.53. The molecule has 0 saturated heterocycles. The minimum atomic E-state index is -0.459. The summed E-state index contributed by atoms with van der Waals surface area (Å²) in [5, 5.41) is 19.0. The van der Waals surface area contributed by atoms with E-state index in [1.54, 1.807) is 0 Å². The van der Waals surface area contributed by atoms with Gasteiger partial charge in [0.2, 0.25) is 0 Å². The number of hydrogen-bond acceptors (Lipinski definition) is 3. The first-order valence-corrected chi connectivity index (χ1v) is 4.29. The molecule has 0 spiro atoms. The molecule has 3 heteroatoms. The average molecular weight is 157 g/mol. The van der Waals surface area contributed by atoms with Gasteiger partial charge in [0.15, 0.2) is 0 Å². The molecule has 64 valence electrons. The lowest BCUT2D eigenvalue weighted by molar-refractivity contribution is 0.0779. The number of fused-ring (bicyclic) bond motifs is 1. The largest absolute Gasteiger partial charge is 0.393 e. The predicted molar refractivity (Wildman–Crippen MR) is 40.9 cm³/mol. The molecule has 0 aromatic heterocycles. The Balaban J connectivity index is 2.23. The van der Waals surface area contributed by atoms with Crippen molar-refractivity contribution in [2.24, 2.45) is 11.7 Å². The smallest absolute Gasteiger partial charge is 0.0723 e. The van der Waals surface area contributed by atoms with Gasteiger partial charge in [-0.3, -0.25) is 0 Å². The van der Waals surface area contributed by atoms with Crippen LogP contribution in [0.3, 0.4) is 0 Å². The Hall–Kier alpha value is -0.120. The lowest BCUT2D eigenvalue weighted by Gasteiger charge is -2.28. The molecule has 2 fully saturated rings. The minimum absolute atomic E-state index is 0.150. The Kier molecular flexibility index (Phi) is 1.50. The van der Waals surface area contributed by atoms with Crippen LogP contribution in [0, 0.1) is 5.92 Å². The third-order valence-corrected chi connectivity index (χ3v) is 3.40. The summed E-state index contributed by atoms with van der Waals surface area (Å²) in [6.45, 7) is 0. The third-order valence-electron chi connectivity index (χ3n) is 3.40. The van der Waals surface area contributed by atoms with E-state index in [1.165, 1.54) is 0 Å². The van der Waals surface area contributed by atoms with Crippen molar-refractivity contribution in [1.82, 2.24) is 0 Å². The normalized spacial score (nSPS) is 56.5. The molecule has 4 N–H and O–H groups in total. The van der Waals surface area contributed by atoms with Gasteiger partial charge in [0.25, 0.3) is 0 Å². The Morgan fingerprint density at radius 1 is 1.18 bits per heavy atom. The highest BCUT2D eigenvalue weighted by Crippen LogP contribution is 2.45. The van der Waals surface area contributed by atoms with Gasteiger partial charge < -0.3 is 15.9 Å². The van der Waals surface area contributed by atoms with Crippen molar-refractivity contribution < 1.29 is 10.2 Å². The van der Waals surface area contributed by atoms with Crippen molar-refractivity contribution in [2.45, 2.75) is 43.4 Å². The lowest BCUT2D eigenvalue weighted by atomic mass is 9.89. The molecule has 2 aliphatic rings. The van der Waals surface area contributed by atoms with Crippen LogP contribution in [0.4, 0.5) is 0 Å². The van der Waals surface area contributed by atoms with E-state index in [2.05, 4.69) is 0 Å². The molecule has 11 heavy (non-hydrogen) atoms. The number of rotatable bonds is 0. The van der Waals surface area contributed by atoms with Crippen LogP contribution in [0.25, 0.3) is 0 Å². The van der Waals surface area contributed by atoms with Crippen molar-refractivity contribution in [3.63, 3.8) is 0 Å². The van der Waals surface area contributed by atoms with Crippen LogP contribution >= 0.6 is 0 Å². The van der Waals surface area contributed by atoms with E-state index >= 15 is 0 Å². The molecule has 3 nitrogen and oxygen atoms in total. The molecule has 0 aromatic carbocycles. The molecule has 0 aromatic rings. The Bertz CT molecular complexity index is 173. The van der Waals surface area contributed by atoms with Gasteiger partial charge in [0.05, 0.1) is 12.2 Å². The molecule has 3 unspecified atom stereocenters. The number of nitrogens with two attached hydrogens (primary N) is 1. The van der Waals surface area contributed by atoms with Gasteiger partial charge in [-0.15, -0.1) is 0 Å². The second-order valence-corrected chi connectivity index (χ2v) is 3.92. The highest BCUT2D eigenvalue weighted by molar-refractivity contribution is 5.09. The van der Waals surface area contributed by atoms with Crippen molar-refractivity contribution >= 4 is 0 Å². The third kappa shape index (κ3) is 0.849. The quantitative estimate of drug-likeness (QED) is 0.448. The summed E-state index contributed by atoms with van der Waals surface area (Å²) in [6.07, 6.45) is 2.54. The maximum atomic E-state index is 9.54. The van der Waals surface area contributed by atoms with Crippen LogP contribution < -0.4 is 5.73 Å². The molecule has 0 aliphatic heterocycles. The highest BCUT2D eigenvalue weighted by atomic mass is 16.3. The van der Waals surface area contributed by atoms with Crippen LogP contribution in [0.2, 0.25) is 0 Å². The van der Waals surface area contributed by atoms with E-state index in [0.29, 0.717) is 0 Å². The zero-order chi connectivity index (χ0) is 8.06. The fraction of sp³-hybridized carbons (Fsp3) is 1.00. The maximum absolute atomic E-state index is 9.54. The summed E-state index contributed by atoms with van der Waals surface area (Å²) in [4.78, 5) is 0. The molecule has 0 amide bonds. The van der Waals surface area contributed by atoms with Gasteiger partial charge in [0, 0.05) is 11.5 Å². The summed E-state index contributed by atoms with van der Waals surface area (Å²) in [5.74, 6) is 0.150. The van der Waals surface area contributed by atoms with E-state index in [-0.39, 0.29) is 18.1 Å². The van der Waals surface area contributed by atoms with Crippen molar-refractivity contribution in [1.29, 1.82) is 0 Å². The fourth-order valence-corrected chi connectivity index (χ4v) is 2.62. The van der Waals surface area contributed by atoms with Gasteiger partial charge in [-0.1, -0.05) is 0 Å². The maximum Gasteiger partial charge on any atom is 0.0723 e. The van der Waals surface area contributed by atoms with Gasteiger partial charge in [-0.25, -0.2) is 0 Å². The Labute approximate surface area is 66.2 Å². The molecule has 0 bridgehead atoms. The second kappa shape index (κ2) is 2.19. The van der Waals surface area contributed by atoms with E-state index in [9.17, 15) is 10.2 Å². The number of aliphatic hydroxyl groups is 2. The molecule has 0 radical (unpaired) electrons. The summed E-state index contributed by atoms with van der Waals surface area (Å²) in [5.41, 5.74) is 5.53. The minimum Gasteiger partial charge on any atom is -0.393 e. The van der Waals surface area contributed by atoms with E-state index < -0.39 is 5.54 Å². The van der Waals surface area contributed by atoms with Crippen LogP contribution in [-0.2, 0) is 0 Å². The monoisotopic (exact) mass is 157 g/mol. The lowest BCUT2D eigenvalue weighted by Crippen LogP contribution is -2.50. The Morgan fingerprint density at radius 3 is 2.55 bits per heavy atom.